The Bertz CT molecular complexity index is 722. The van der Waals surface area contributed by atoms with Gasteiger partial charge in [0.1, 0.15) is 18.0 Å². The molecule has 2 atom stereocenters. The minimum atomic E-state index is -4.49. The van der Waals surface area contributed by atoms with Crippen LogP contribution in [-0.2, 0) is 4.74 Å². The summed E-state index contributed by atoms with van der Waals surface area (Å²) in [6.07, 6.45) is -3.26. The molecule has 2 heterocycles. The summed E-state index contributed by atoms with van der Waals surface area (Å²) in [6, 6.07) is -1.90. The van der Waals surface area contributed by atoms with Crippen molar-refractivity contribution >= 4 is 17.5 Å². The standard InChI is InChI=1S/C17H23F4N5O2/c1-9(17(19,20)21)22-15-24-14(11-3-2-4-12(27)13(11)18)25-16(26-15)23-10-5-7-28-8-6-10/h9-10,12,27H,2-8H2,1H3,(H2,22,23,24,25,26)/t9-,12?/m1/s1. The number of alkyl halides is 3. The molecule has 1 aromatic rings. The van der Waals surface area contributed by atoms with Gasteiger partial charge in [0.2, 0.25) is 11.9 Å². The number of aliphatic hydroxyl groups excluding tert-OH is 1. The Morgan fingerprint density at radius 2 is 1.79 bits per heavy atom. The third-order valence-electron chi connectivity index (χ3n) is 4.78. The van der Waals surface area contributed by atoms with E-state index in [1.54, 1.807) is 0 Å². The summed E-state index contributed by atoms with van der Waals surface area (Å²) < 4.78 is 58.4. The number of rotatable bonds is 5. The maximum absolute atomic E-state index is 14.4. The Morgan fingerprint density at radius 1 is 1.11 bits per heavy atom. The van der Waals surface area contributed by atoms with E-state index in [9.17, 15) is 22.7 Å². The molecule has 0 radical (unpaired) electrons. The van der Waals surface area contributed by atoms with Crippen molar-refractivity contribution in [3.8, 4) is 0 Å². The van der Waals surface area contributed by atoms with Gasteiger partial charge >= 0.3 is 6.18 Å². The summed E-state index contributed by atoms with van der Waals surface area (Å²) in [6.45, 7) is 2.05. The number of halogens is 4. The predicted molar refractivity (Wildman–Crippen MR) is 94.3 cm³/mol. The van der Waals surface area contributed by atoms with Gasteiger partial charge in [-0.2, -0.15) is 28.1 Å². The first-order valence-electron chi connectivity index (χ1n) is 9.24. The monoisotopic (exact) mass is 405 g/mol. The van der Waals surface area contributed by atoms with Gasteiger partial charge in [-0.3, -0.25) is 0 Å². The van der Waals surface area contributed by atoms with Crippen LogP contribution in [0.4, 0.5) is 29.5 Å². The number of allylic oxidation sites excluding steroid dienone is 1. The zero-order valence-corrected chi connectivity index (χ0v) is 15.4. The molecule has 0 saturated carbocycles. The Hall–Kier alpha value is -2.01. The second-order valence-corrected chi connectivity index (χ2v) is 6.98. The zero-order chi connectivity index (χ0) is 20.3. The average molecular weight is 405 g/mol. The summed E-state index contributed by atoms with van der Waals surface area (Å²) in [7, 11) is 0. The van der Waals surface area contributed by atoms with Gasteiger partial charge in [-0.1, -0.05) is 0 Å². The van der Waals surface area contributed by atoms with Crippen LogP contribution in [0.3, 0.4) is 0 Å². The number of aromatic nitrogens is 3. The molecule has 1 unspecified atom stereocenters. The summed E-state index contributed by atoms with van der Waals surface area (Å²) in [5.41, 5.74) is 0.0962. The molecule has 0 aromatic carbocycles. The molecule has 0 bridgehead atoms. The summed E-state index contributed by atoms with van der Waals surface area (Å²) in [5, 5.41) is 15.0. The number of hydrogen-bond donors (Lipinski definition) is 3. The van der Waals surface area contributed by atoms with Gasteiger partial charge < -0.3 is 20.5 Å². The lowest BCUT2D eigenvalue weighted by Crippen LogP contribution is -2.34. The van der Waals surface area contributed by atoms with Gasteiger partial charge in [-0.05, 0) is 39.0 Å². The van der Waals surface area contributed by atoms with Gasteiger partial charge in [0, 0.05) is 24.8 Å². The van der Waals surface area contributed by atoms with E-state index in [4.69, 9.17) is 4.74 Å². The number of nitrogens with one attached hydrogen (secondary N) is 2. The first-order valence-corrected chi connectivity index (χ1v) is 9.24. The molecule has 156 valence electrons. The van der Waals surface area contributed by atoms with E-state index in [2.05, 4.69) is 25.6 Å². The van der Waals surface area contributed by atoms with Crippen LogP contribution in [0.1, 0.15) is 44.9 Å². The quantitative estimate of drug-likeness (QED) is 0.649. The number of hydrogen-bond acceptors (Lipinski definition) is 7. The molecule has 28 heavy (non-hydrogen) atoms. The van der Waals surface area contributed by atoms with Crippen LogP contribution >= 0.6 is 0 Å². The molecule has 1 fully saturated rings. The molecule has 2 aliphatic rings. The molecule has 1 aliphatic carbocycles. The molecule has 1 aromatic heterocycles. The first-order chi connectivity index (χ1) is 13.2. The highest BCUT2D eigenvalue weighted by molar-refractivity contribution is 5.65. The SMILES string of the molecule is C[C@@H](Nc1nc(NC2CCOCC2)nc(C2=C(F)C(O)CCC2)n1)C(F)(F)F. The third-order valence-corrected chi connectivity index (χ3v) is 4.78. The van der Waals surface area contributed by atoms with E-state index in [1.165, 1.54) is 0 Å². The molecule has 0 spiro atoms. The van der Waals surface area contributed by atoms with Crippen LogP contribution in [0.25, 0.3) is 5.57 Å². The minimum Gasteiger partial charge on any atom is -0.386 e. The zero-order valence-electron chi connectivity index (χ0n) is 15.4. The molecule has 7 nitrogen and oxygen atoms in total. The van der Waals surface area contributed by atoms with Crippen LogP contribution in [0.2, 0.25) is 0 Å². The normalized spacial score (nSPS) is 22.9. The van der Waals surface area contributed by atoms with E-state index >= 15 is 0 Å². The highest BCUT2D eigenvalue weighted by atomic mass is 19.4. The number of ether oxygens (including phenoxy) is 1. The molecule has 1 aliphatic heterocycles. The highest BCUT2D eigenvalue weighted by Crippen LogP contribution is 2.32. The minimum absolute atomic E-state index is 0.00679. The van der Waals surface area contributed by atoms with E-state index in [0.717, 1.165) is 6.92 Å². The van der Waals surface area contributed by atoms with Crippen molar-refractivity contribution in [1.29, 1.82) is 0 Å². The lowest BCUT2D eigenvalue weighted by molar-refractivity contribution is -0.138. The Labute approximate surface area is 159 Å². The summed E-state index contributed by atoms with van der Waals surface area (Å²) in [4.78, 5) is 12.2. The largest absolute Gasteiger partial charge is 0.408 e. The Kier molecular flexibility index (Phi) is 6.33. The van der Waals surface area contributed by atoms with Gasteiger partial charge in [-0.15, -0.1) is 0 Å². The van der Waals surface area contributed by atoms with Crippen LogP contribution in [0, 0.1) is 0 Å². The van der Waals surface area contributed by atoms with E-state index < -0.39 is 24.1 Å². The molecular weight excluding hydrogens is 382 g/mol. The second kappa shape index (κ2) is 8.56. The lowest BCUT2D eigenvalue weighted by Gasteiger charge is -2.24. The number of aliphatic hydroxyl groups is 1. The van der Waals surface area contributed by atoms with Gasteiger partial charge in [0.05, 0.1) is 0 Å². The van der Waals surface area contributed by atoms with Crippen molar-refractivity contribution in [2.75, 3.05) is 23.8 Å². The molecular formula is C17H23F4N5O2. The van der Waals surface area contributed by atoms with Crippen molar-refractivity contribution in [1.82, 2.24) is 15.0 Å². The van der Waals surface area contributed by atoms with Crippen molar-refractivity contribution in [2.24, 2.45) is 0 Å². The average Bonchev–Trinajstić information content (AvgIpc) is 2.64. The molecule has 11 heteroatoms. The van der Waals surface area contributed by atoms with Crippen molar-refractivity contribution in [3.05, 3.63) is 11.7 Å². The fourth-order valence-electron chi connectivity index (χ4n) is 3.08. The smallest absolute Gasteiger partial charge is 0.386 e. The van der Waals surface area contributed by atoms with E-state index in [0.29, 0.717) is 32.5 Å². The van der Waals surface area contributed by atoms with E-state index in [-0.39, 0.29) is 42.2 Å². The maximum Gasteiger partial charge on any atom is 0.408 e. The van der Waals surface area contributed by atoms with E-state index in [1.807, 2.05) is 0 Å². The lowest BCUT2D eigenvalue weighted by atomic mass is 9.96. The topological polar surface area (TPSA) is 92.2 Å². The molecule has 3 N–H and O–H groups in total. The van der Waals surface area contributed by atoms with Crippen molar-refractivity contribution in [3.63, 3.8) is 0 Å². The Morgan fingerprint density at radius 3 is 2.46 bits per heavy atom. The van der Waals surface area contributed by atoms with Crippen LogP contribution in [0.15, 0.2) is 5.83 Å². The predicted octanol–water partition coefficient (Wildman–Crippen LogP) is 3.05. The fraction of sp³-hybridized carbons (Fsp3) is 0.706. The number of nitrogens with zero attached hydrogens (tertiary/aromatic N) is 3. The van der Waals surface area contributed by atoms with Gasteiger partial charge in [0.25, 0.3) is 0 Å². The first kappa shape index (κ1) is 20.7. The van der Waals surface area contributed by atoms with Crippen LogP contribution in [0.5, 0.6) is 0 Å². The molecule has 3 rings (SSSR count). The summed E-state index contributed by atoms with van der Waals surface area (Å²) >= 11 is 0. The molecule has 1 saturated heterocycles. The fourth-order valence-corrected chi connectivity index (χ4v) is 3.08. The van der Waals surface area contributed by atoms with Gasteiger partial charge in [-0.25, -0.2) is 4.39 Å². The summed E-state index contributed by atoms with van der Waals surface area (Å²) in [5.74, 6) is -1.05. The highest BCUT2D eigenvalue weighted by Gasteiger charge is 2.37. The third kappa shape index (κ3) is 5.07. The van der Waals surface area contributed by atoms with Crippen LogP contribution in [-0.4, -0.2) is 57.6 Å². The maximum atomic E-state index is 14.4. The second-order valence-electron chi connectivity index (χ2n) is 6.98. The molecule has 0 amide bonds. The number of anilines is 2. The van der Waals surface area contributed by atoms with Gasteiger partial charge in [0.15, 0.2) is 5.82 Å². The van der Waals surface area contributed by atoms with Crippen LogP contribution < -0.4 is 10.6 Å². The van der Waals surface area contributed by atoms with Crippen molar-refractivity contribution in [2.45, 2.75) is 63.4 Å². The Balaban J connectivity index is 1.92. The van der Waals surface area contributed by atoms with Crippen molar-refractivity contribution < 1.29 is 27.4 Å².